The largest absolute Gasteiger partial charge is 0.330 e. The molecule has 0 aliphatic rings. The molecule has 1 aromatic rings. The number of aromatic nitrogens is 2. The molecule has 0 aliphatic heterocycles. The van der Waals surface area contributed by atoms with Crippen molar-refractivity contribution in [3.05, 3.63) is 18.2 Å². The molecule has 3 nitrogen and oxygen atoms in total. The van der Waals surface area contributed by atoms with Crippen molar-refractivity contribution in [2.75, 3.05) is 7.05 Å². The summed E-state index contributed by atoms with van der Waals surface area (Å²) in [6.45, 7) is 5.42. The Hall–Kier alpha value is -0.830. The van der Waals surface area contributed by atoms with E-state index in [-0.39, 0.29) is 0 Å². The lowest BCUT2D eigenvalue weighted by Crippen LogP contribution is -2.15. The van der Waals surface area contributed by atoms with Gasteiger partial charge >= 0.3 is 0 Å². The number of nitrogens with zero attached hydrogens (tertiary/aromatic N) is 2. The number of nitrogens with one attached hydrogen (secondary N) is 1. The van der Waals surface area contributed by atoms with Crippen molar-refractivity contribution < 1.29 is 0 Å². The molecule has 3 heteroatoms. The molecule has 0 saturated heterocycles. The second kappa shape index (κ2) is 7.44. The Balaban J connectivity index is 2.70. The second-order valence-corrected chi connectivity index (χ2v) is 4.41. The van der Waals surface area contributed by atoms with E-state index in [4.69, 9.17) is 0 Å². The van der Waals surface area contributed by atoms with E-state index in [0.717, 1.165) is 6.54 Å². The molecule has 1 heterocycles. The highest BCUT2D eigenvalue weighted by atomic mass is 15.1. The summed E-state index contributed by atoms with van der Waals surface area (Å²) in [5.41, 5.74) is 1.30. The molecular formula is C13H25N3. The monoisotopic (exact) mass is 223 g/mol. The average molecular weight is 223 g/mol. The van der Waals surface area contributed by atoms with Gasteiger partial charge < -0.3 is 9.88 Å². The van der Waals surface area contributed by atoms with Crippen LogP contribution in [0.15, 0.2) is 12.5 Å². The zero-order valence-corrected chi connectivity index (χ0v) is 10.9. The van der Waals surface area contributed by atoms with Gasteiger partial charge in [-0.05, 0) is 19.9 Å². The summed E-state index contributed by atoms with van der Waals surface area (Å²) in [5.74, 6) is 0. The zero-order chi connectivity index (χ0) is 11.8. The van der Waals surface area contributed by atoms with Crippen molar-refractivity contribution in [2.24, 2.45) is 0 Å². The lowest BCUT2D eigenvalue weighted by atomic mass is 10.0. The van der Waals surface area contributed by atoms with Gasteiger partial charge in [0.1, 0.15) is 0 Å². The molecule has 0 fully saturated rings. The molecule has 0 bridgehead atoms. The summed E-state index contributed by atoms with van der Waals surface area (Å²) in [6, 6.07) is 0.635. The highest BCUT2D eigenvalue weighted by Crippen LogP contribution is 2.22. The molecule has 16 heavy (non-hydrogen) atoms. The SMILES string of the molecule is CCCCC(CCC)n1cncc1CNC. The van der Waals surface area contributed by atoms with E-state index < -0.39 is 0 Å². The number of rotatable bonds is 8. The average Bonchev–Trinajstić information content (AvgIpc) is 2.73. The summed E-state index contributed by atoms with van der Waals surface area (Å²) in [4.78, 5) is 4.27. The summed E-state index contributed by atoms with van der Waals surface area (Å²) in [5, 5.41) is 3.20. The van der Waals surface area contributed by atoms with Crippen LogP contribution in [0.2, 0.25) is 0 Å². The fourth-order valence-electron chi connectivity index (χ4n) is 2.17. The summed E-state index contributed by atoms with van der Waals surface area (Å²) in [7, 11) is 1.98. The van der Waals surface area contributed by atoms with Gasteiger partial charge in [-0.25, -0.2) is 4.98 Å². The Morgan fingerprint density at radius 3 is 2.75 bits per heavy atom. The Morgan fingerprint density at radius 1 is 1.31 bits per heavy atom. The van der Waals surface area contributed by atoms with E-state index in [2.05, 4.69) is 28.7 Å². The number of unbranched alkanes of at least 4 members (excludes halogenated alkanes) is 1. The molecule has 1 unspecified atom stereocenters. The van der Waals surface area contributed by atoms with Crippen LogP contribution in [0.5, 0.6) is 0 Å². The predicted octanol–water partition coefficient (Wildman–Crippen LogP) is 3.13. The topological polar surface area (TPSA) is 29.9 Å². The maximum Gasteiger partial charge on any atom is 0.0951 e. The van der Waals surface area contributed by atoms with Gasteiger partial charge in [0.2, 0.25) is 0 Å². The minimum Gasteiger partial charge on any atom is -0.330 e. The first-order chi connectivity index (χ1) is 7.83. The third kappa shape index (κ3) is 3.63. The van der Waals surface area contributed by atoms with E-state index in [9.17, 15) is 0 Å². The first kappa shape index (κ1) is 13.2. The highest BCUT2D eigenvalue weighted by molar-refractivity contribution is 5.00. The third-order valence-corrected chi connectivity index (χ3v) is 3.01. The standard InChI is InChI=1S/C13H25N3/c1-4-6-8-12(7-5-2)16-11-15-10-13(16)9-14-3/h10-12,14H,4-9H2,1-3H3. The lowest BCUT2D eigenvalue weighted by molar-refractivity contribution is 0.405. The Kier molecular flexibility index (Phi) is 6.16. The van der Waals surface area contributed by atoms with Gasteiger partial charge in [0.05, 0.1) is 12.0 Å². The zero-order valence-electron chi connectivity index (χ0n) is 10.9. The summed E-state index contributed by atoms with van der Waals surface area (Å²) < 4.78 is 2.36. The molecule has 92 valence electrons. The molecule has 1 N–H and O–H groups in total. The van der Waals surface area contributed by atoms with Gasteiger partial charge in [0, 0.05) is 18.8 Å². The maximum absolute atomic E-state index is 4.27. The predicted molar refractivity (Wildman–Crippen MR) is 68.5 cm³/mol. The van der Waals surface area contributed by atoms with Gasteiger partial charge in [0.25, 0.3) is 0 Å². The van der Waals surface area contributed by atoms with Crippen LogP contribution in [0, 0.1) is 0 Å². The van der Waals surface area contributed by atoms with Crippen LogP contribution in [0.25, 0.3) is 0 Å². The first-order valence-electron chi connectivity index (χ1n) is 6.48. The van der Waals surface area contributed by atoms with Crippen LogP contribution < -0.4 is 5.32 Å². The van der Waals surface area contributed by atoms with Crippen LogP contribution in [0.3, 0.4) is 0 Å². The normalized spacial score (nSPS) is 12.9. The first-order valence-corrected chi connectivity index (χ1v) is 6.48. The van der Waals surface area contributed by atoms with Crippen LogP contribution in [0.1, 0.15) is 57.7 Å². The highest BCUT2D eigenvalue weighted by Gasteiger charge is 2.12. The number of hydrogen-bond acceptors (Lipinski definition) is 2. The van der Waals surface area contributed by atoms with Crippen LogP contribution in [-0.2, 0) is 6.54 Å². The van der Waals surface area contributed by atoms with E-state index in [1.54, 1.807) is 0 Å². The Bertz CT molecular complexity index is 280. The van der Waals surface area contributed by atoms with Gasteiger partial charge in [-0.1, -0.05) is 33.1 Å². The summed E-state index contributed by atoms with van der Waals surface area (Å²) >= 11 is 0. The molecule has 0 aromatic carbocycles. The van der Waals surface area contributed by atoms with E-state index in [0.29, 0.717) is 6.04 Å². The smallest absolute Gasteiger partial charge is 0.0951 e. The quantitative estimate of drug-likeness (QED) is 0.734. The van der Waals surface area contributed by atoms with Crippen LogP contribution >= 0.6 is 0 Å². The van der Waals surface area contributed by atoms with Crippen molar-refractivity contribution in [3.8, 4) is 0 Å². The van der Waals surface area contributed by atoms with Crippen molar-refractivity contribution in [2.45, 2.75) is 58.5 Å². The van der Waals surface area contributed by atoms with Crippen LogP contribution in [0.4, 0.5) is 0 Å². The van der Waals surface area contributed by atoms with Crippen molar-refractivity contribution in [3.63, 3.8) is 0 Å². The second-order valence-electron chi connectivity index (χ2n) is 4.41. The molecule has 0 radical (unpaired) electrons. The van der Waals surface area contributed by atoms with Gasteiger partial charge in [-0.15, -0.1) is 0 Å². The molecule has 0 aliphatic carbocycles. The van der Waals surface area contributed by atoms with Crippen molar-refractivity contribution in [1.82, 2.24) is 14.9 Å². The Labute approximate surface area is 99.3 Å². The minimum atomic E-state index is 0.635. The van der Waals surface area contributed by atoms with Crippen molar-refractivity contribution in [1.29, 1.82) is 0 Å². The van der Waals surface area contributed by atoms with Gasteiger partial charge in [-0.3, -0.25) is 0 Å². The molecule has 0 amide bonds. The van der Waals surface area contributed by atoms with E-state index >= 15 is 0 Å². The van der Waals surface area contributed by atoms with Gasteiger partial charge in [-0.2, -0.15) is 0 Å². The lowest BCUT2D eigenvalue weighted by Gasteiger charge is -2.20. The van der Waals surface area contributed by atoms with Crippen molar-refractivity contribution >= 4 is 0 Å². The molecule has 0 saturated carbocycles. The maximum atomic E-state index is 4.27. The van der Waals surface area contributed by atoms with E-state index in [1.165, 1.54) is 37.8 Å². The number of imidazole rings is 1. The third-order valence-electron chi connectivity index (χ3n) is 3.01. The Morgan fingerprint density at radius 2 is 2.12 bits per heavy atom. The molecule has 1 rings (SSSR count). The fourth-order valence-corrected chi connectivity index (χ4v) is 2.17. The van der Waals surface area contributed by atoms with Gasteiger partial charge in [0.15, 0.2) is 0 Å². The number of hydrogen-bond donors (Lipinski definition) is 1. The molecule has 0 spiro atoms. The minimum absolute atomic E-state index is 0.635. The molecule has 1 aromatic heterocycles. The molecular weight excluding hydrogens is 198 g/mol. The van der Waals surface area contributed by atoms with Crippen LogP contribution in [-0.4, -0.2) is 16.6 Å². The van der Waals surface area contributed by atoms with E-state index in [1.807, 2.05) is 19.6 Å². The summed E-state index contributed by atoms with van der Waals surface area (Å²) in [6.07, 6.45) is 10.3. The molecule has 1 atom stereocenters. The fraction of sp³-hybridized carbons (Fsp3) is 0.769.